The minimum absolute atomic E-state index is 0.0347. The second kappa shape index (κ2) is 5.77. The Morgan fingerprint density at radius 3 is 2.78 bits per heavy atom. The Hall–Kier alpha value is -1.09. The SMILES string of the molecule is C=C1CC[C@@H]2[C@](C)(CCC[C@]2(C)C(=O)O)[C@H]1C[C@@H]1OCC=C1C. The number of carbonyl (C=O) groups is 1. The Morgan fingerprint density at radius 2 is 2.17 bits per heavy atom. The first-order valence-corrected chi connectivity index (χ1v) is 8.98. The molecule has 3 aliphatic rings. The van der Waals surface area contributed by atoms with Gasteiger partial charge in [-0.15, -0.1) is 0 Å². The van der Waals surface area contributed by atoms with E-state index >= 15 is 0 Å². The van der Waals surface area contributed by atoms with Crippen LogP contribution < -0.4 is 0 Å². The molecule has 2 aliphatic carbocycles. The standard InChI is InChI=1S/C20H30O3/c1-13-6-7-17-19(3,9-5-10-20(17,4)18(21)22)15(13)12-16-14(2)8-11-23-16/h8,15-17H,1,5-7,9-12H2,2-4H3,(H,21,22)/t15-,16-,17+,19+,20-/m0/s1. The largest absolute Gasteiger partial charge is 0.481 e. The van der Waals surface area contributed by atoms with Crippen LogP contribution in [0.1, 0.15) is 59.3 Å². The molecule has 0 aromatic rings. The lowest BCUT2D eigenvalue weighted by atomic mass is 9.46. The number of rotatable bonds is 3. The van der Waals surface area contributed by atoms with Gasteiger partial charge in [0.25, 0.3) is 0 Å². The first-order chi connectivity index (χ1) is 10.8. The fourth-order valence-electron chi connectivity index (χ4n) is 5.67. The molecule has 2 fully saturated rings. The second-order valence-electron chi connectivity index (χ2n) is 8.39. The Labute approximate surface area is 139 Å². The van der Waals surface area contributed by atoms with Crippen molar-refractivity contribution in [3.05, 3.63) is 23.8 Å². The van der Waals surface area contributed by atoms with E-state index < -0.39 is 11.4 Å². The smallest absolute Gasteiger partial charge is 0.309 e. The van der Waals surface area contributed by atoms with Crippen LogP contribution in [0.5, 0.6) is 0 Å². The highest BCUT2D eigenvalue weighted by Crippen LogP contribution is 2.62. The van der Waals surface area contributed by atoms with Crippen molar-refractivity contribution in [2.45, 2.75) is 65.4 Å². The molecule has 0 bridgehead atoms. The number of carboxylic acid groups (broad SMARTS) is 1. The number of carboxylic acids is 1. The van der Waals surface area contributed by atoms with Crippen LogP contribution in [-0.2, 0) is 9.53 Å². The zero-order valence-corrected chi connectivity index (χ0v) is 14.7. The number of ether oxygens (including phenoxy) is 1. The molecule has 0 radical (unpaired) electrons. The molecule has 0 amide bonds. The van der Waals surface area contributed by atoms with Gasteiger partial charge in [0.15, 0.2) is 0 Å². The van der Waals surface area contributed by atoms with Crippen molar-refractivity contribution in [1.82, 2.24) is 0 Å². The zero-order valence-electron chi connectivity index (χ0n) is 14.7. The topological polar surface area (TPSA) is 46.5 Å². The van der Waals surface area contributed by atoms with E-state index in [9.17, 15) is 9.90 Å². The molecular formula is C20H30O3. The number of aliphatic carboxylic acids is 1. The molecule has 0 aromatic heterocycles. The summed E-state index contributed by atoms with van der Waals surface area (Å²) in [6.45, 7) is 11.5. The normalized spacial score (nSPS) is 43.9. The van der Waals surface area contributed by atoms with Gasteiger partial charge in [-0.2, -0.15) is 0 Å². The van der Waals surface area contributed by atoms with E-state index in [4.69, 9.17) is 4.74 Å². The van der Waals surface area contributed by atoms with E-state index in [0.29, 0.717) is 12.5 Å². The van der Waals surface area contributed by atoms with Gasteiger partial charge in [0.2, 0.25) is 0 Å². The summed E-state index contributed by atoms with van der Waals surface area (Å²) in [4.78, 5) is 12.0. The summed E-state index contributed by atoms with van der Waals surface area (Å²) in [7, 11) is 0. The molecule has 128 valence electrons. The van der Waals surface area contributed by atoms with E-state index in [1.165, 1.54) is 11.1 Å². The maximum Gasteiger partial charge on any atom is 0.309 e. The summed E-state index contributed by atoms with van der Waals surface area (Å²) in [5, 5.41) is 9.87. The number of fused-ring (bicyclic) bond motifs is 1. The maximum absolute atomic E-state index is 12.0. The molecular weight excluding hydrogens is 288 g/mol. The molecule has 0 spiro atoms. The first-order valence-electron chi connectivity index (χ1n) is 8.98. The predicted molar refractivity (Wildman–Crippen MR) is 91.2 cm³/mol. The molecule has 3 rings (SSSR count). The van der Waals surface area contributed by atoms with Gasteiger partial charge in [0.1, 0.15) is 0 Å². The Morgan fingerprint density at radius 1 is 1.43 bits per heavy atom. The highest BCUT2D eigenvalue weighted by Gasteiger charge is 2.57. The number of hydrogen-bond acceptors (Lipinski definition) is 2. The Bertz CT molecular complexity index is 549. The molecule has 23 heavy (non-hydrogen) atoms. The molecule has 5 atom stereocenters. The highest BCUT2D eigenvalue weighted by atomic mass is 16.5. The van der Waals surface area contributed by atoms with Gasteiger partial charge in [0, 0.05) is 0 Å². The summed E-state index contributed by atoms with van der Waals surface area (Å²) < 4.78 is 5.89. The van der Waals surface area contributed by atoms with Crippen LogP contribution >= 0.6 is 0 Å². The Balaban J connectivity index is 1.91. The van der Waals surface area contributed by atoms with E-state index in [0.717, 1.165) is 38.5 Å². The van der Waals surface area contributed by atoms with E-state index in [2.05, 4.69) is 26.5 Å². The third-order valence-electron chi connectivity index (χ3n) is 7.17. The van der Waals surface area contributed by atoms with Crippen LogP contribution in [0.2, 0.25) is 0 Å². The number of allylic oxidation sites excluding steroid dienone is 1. The van der Waals surface area contributed by atoms with E-state index in [1.54, 1.807) is 0 Å². The summed E-state index contributed by atoms with van der Waals surface area (Å²) in [6.07, 6.45) is 8.16. The van der Waals surface area contributed by atoms with E-state index in [1.807, 2.05) is 6.92 Å². The average molecular weight is 318 g/mol. The summed E-state index contributed by atoms with van der Waals surface area (Å²) in [6, 6.07) is 0. The lowest BCUT2D eigenvalue weighted by Crippen LogP contribution is -2.53. The Kier molecular flexibility index (Phi) is 4.20. The fourth-order valence-corrected chi connectivity index (χ4v) is 5.67. The van der Waals surface area contributed by atoms with Crippen LogP contribution in [0.4, 0.5) is 0 Å². The molecule has 3 nitrogen and oxygen atoms in total. The van der Waals surface area contributed by atoms with Crippen molar-refractivity contribution >= 4 is 5.97 Å². The lowest BCUT2D eigenvalue weighted by Gasteiger charge is -2.57. The lowest BCUT2D eigenvalue weighted by molar-refractivity contribution is -0.164. The first kappa shape index (κ1) is 16.8. The molecule has 1 aliphatic heterocycles. The van der Waals surface area contributed by atoms with Crippen LogP contribution in [0.15, 0.2) is 23.8 Å². The molecule has 2 saturated carbocycles. The van der Waals surface area contributed by atoms with Gasteiger partial charge < -0.3 is 9.84 Å². The molecule has 1 heterocycles. The fraction of sp³-hybridized carbons (Fsp3) is 0.750. The molecule has 0 saturated heterocycles. The monoisotopic (exact) mass is 318 g/mol. The average Bonchev–Trinajstić information content (AvgIpc) is 2.88. The molecule has 0 unspecified atom stereocenters. The zero-order chi connectivity index (χ0) is 16.8. The van der Waals surface area contributed by atoms with Gasteiger partial charge in [-0.25, -0.2) is 0 Å². The van der Waals surface area contributed by atoms with Crippen LogP contribution in [0.25, 0.3) is 0 Å². The number of hydrogen-bond donors (Lipinski definition) is 1. The van der Waals surface area contributed by atoms with Crippen LogP contribution in [-0.4, -0.2) is 23.8 Å². The highest BCUT2D eigenvalue weighted by molar-refractivity contribution is 5.75. The van der Waals surface area contributed by atoms with Gasteiger partial charge in [-0.1, -0.05) is 31.6 Å². The van der Waals surface area contributed by atoms with Crippen molar-refractivity contribution in [3.8, 4) is 0 Å². The quantitative estimate of drug-likeness (QED) is 0.774. The molecule has 3 heteroatoms. The van der Waals surface area contributed by atoms with Gasteiger partial charge in [-0.05, 0) is 68.8 Å². The minimum atomic E-state index is -0.618. The van der Waals surface area contributed by atoms with Gasteiger partial charge in [0.05, 0.1) is 18.1 Å². The summed E-state index contributed by atoms with van der Waals surface area (Å²) in [5.74, 6) is -0.0120. The van der Waals surface area contributed by atoms with Crippen LogP contribution in [0, 0.1) is 22.7 Å². The third kappa shape index (κ3) is 2.57. The van der Waals surface area contributed by atoms with Crippen LogP contribution in [0.3, 0.4) is 0 Å². The van der Waals surface area contributed by atoms with E-state index in [-0.39, 0.29) is 17.4 Å². The maximum atomic E-state index is 12.0. The molecule has 1 N–H and O–H groups in total. The van der Waals surface area contributed by atoms with Crippen molar-refractivity contribution in [2.75, 3.05) is 6.61 Å². The summed E-state index contributed by atoms with van der Waals surface area (Å²) >= 11 is 0. The van der Waals surface area contributed by atoms with Crippen molar-refractivity contribution in [2.24, 2.45) is 22.7 Å². The minimum Gasteiger partial charge on any atom is -0.481 e. The van der Waals surface area contributed by atoms with Gasteiger partial charge >= 0.3 is 5.97 Å². The summed E-state index contributed by atoms with van der Waals surface area (Å²) in [5.41, 5.74) is 2.07. The molecule has 0 aromatic carbocycles. The van der Waals surface area contributed by atoms with Crippen molar-refractivity contribution < 1.29 is 14.6 Å². The van der Waals surface area contributed by atoms with Gasteiger partial charge in [-0.3, -0.25) is 4.79 Å². The van der Waals surface area contributed by atoms with Crippen molar-refractivity contribution in [3.63, 3.8) is 0 Å². The van der Waals surface area contributed by atoms with Crippen molar-refractivity contribution in [1.29, 1.82) is 0 Å². The second-order valence-corrected chi connectivity index (χ2v) is 8.39. The third-order valence-corrected chi connectivity index (χ3v) is 7.17. The predicted octanol–water partition coefficient (Wildman–Crippen LogP) is 4.59.